The van der Waals surface area contributed by atoms with Crippen LogP contribution in [0.25, 0.3) is 0 Å². The van der Waals surface area contributed by atoms with Crippen LogP contribution in [0.5, 0.6) is 5.75 Å². The van der Waals surface area contributed by atoms with Gasteiger partial charge in [-0.1, -0.05) is 32.9 Å². The third kappa shape index (κ3) is 4.28. The van der Waals surface area contributed by atoms with E-state index in [2.05, 4.69) is 0 Å². The molecule has 8 heteroatoms. The zero-order valence-corrected chi connectivity index (χ0v) is 16.2. The van der Waals surface area contributed by atoms with Crippen LogP contribution in [-0.2, 0) is 20.0 Å². The lowest BCUT2D eigenvalue weighted by Gasteiger charge is -2.19. The predicted molar refractivity (Wildman–Crippen MR) is 98.9 cm³/mol. The first kappa shape index (κ1) is 19.3. The first-order valence-corrected chi connectivity index (χ1v) is 9.96. The number of rotatable bonds is 6. The predicted octanol–water partition coefficient (Wildman–Crippen LogP) is 3.50. The smallest absolute Gasteiger partial charge is 0.271 e. The number of sulfone groups is 1. The molecule has 1 aliphatic heterocycles. The van der Waals surface area contributed by atoms with E-state index in [9.17, 15) is 18.5 Å². The molecule has 0 bridgehead atoms. The van der Waals surface area contributed by atoms with Crippen LogP contribution in [0.15, 0.2) is 52.3 Å². The lowest BCUT2D eigenvalue weighted by atomic mass is 9.87. The highest BCUT2D eigenvalue weighted by atomic mass is 32.2. The Hall–Kier alpha value is -2.45. The van der Waals surface area contributed by atoms with Crippen LogP contribution in [0.1, 0.15) is 26.3 Å². The molecular weight excluding hydrogens is 370 g/mol. The van der Waals surface area contributed by atoms with Gasteiger partial charge in [-0.25, -0.2) is 8.42 Å². The minimum absolute atomic E-state index is 0.0588. The fourth-order valence-electron chi connectivity index (χ4n) is 2.55. The molecule has 27 heavy (non-hydrogen) atoms. The number of hydrogen-bond acceptors (Lipinski definition) is 6. The summed E-state index contributed by atoms with van der Waals surface area (Å²) in [5.41, 5.74) is 0.560. The lowest BCUT2D eigenvalue weighted by Crippen LogP contribution is -2.12. The van der Waals surface area contributed by atoms with Crippen LogP contribution in [-0.4, -0.2) is 32.7 Å². The van der Waals surface area contributed by atoms with Gasteiger partial charge in [-0.15, -0.1) is 0 Å². The molecule has 1 heterocycles. The lowest BCUT2D eigenvalue weighted by molar-refractivity contribution is -0.385. The van der Waals surface area contributed by atoms with Crippen LogP contribution in [0.2, 0.25) is 0 Å². The van der Waals surface area contributed by atoms with E-state index < -0.39 is 14.8 Å². The number of non-ortho nitro benzene ring substituents is 1. The Morgan fingerprint density at radius 1 is 1.19 bits per heavy atom. The monoisotopic (exact) mass is 391 g/mol. The average molecular weight is 391 g/mol. The molecule has 0 N–H and O–H groups in total. The second-order valence-corrected chi connectivity index (χ2v) is 9.35. The van der Waals surface area contributed by atoms with E-state index in [0.717, 1.165) is 11.6 Å². The molecule has 1 aliphatic rings. The SMILES string of the molecule is CC(C)(C)c1ccc(S(=O)(=O)c2cc([N+](=O)[O-])ccc2OCC2CO2)cc1. The van der Waals surface area contributed by atoms with Gasteiger partial charge in [0, 0.05) is 12.1 Å². The van der Waals surface area contributed by atoms with Gasteiger partial charge in [0.1, 0.15) is 23.4 Å². The van der Waals surface area contributed by atoms with E-state index in [0.29, 0.717) is 6.61 Å². The maximum atomic E-state index is 13.1. The molecule has 2 aromatic rings. The molecule has 0 aromatic heterocycles. The molecule has 0 amide bonds. The van der Waals surface area contributed by atoms with Crippen molar-refractivity contribution in [1.29, 1.82) is 0 Å². The Morgan fingerprint density at radius 3 is 2.33 bits per heavy atom. The van der Waals surface area contributed by atoms with Crippen molar-refractivity contribution in [3.63, 3.8) is 0 Å². The van der Waals surface area contributed by atoms with Gasteiger partial charge < -0.3 is 9.47 Å². The average Bonchev–Trinajstić information content (AvgIpc) is 3.43. The van der Waals surface area contributed by atoms with E-state index >= 15 is 0 Å². The minimum atomic E-state index is -3.99. The van der Waals surface area contributed by atoms with Crippen molar-refractivity contribution in [3.05, 3.63) is 58.1 Å². The molecule has 0 radical (unpaired) electrons. The minimum Gasteiger partial charge on any atom is -0.489 e. The van der Waals surface area contributed by atoms with Crippen molar-refractivity contribution in [2.75, 3.05) is 13.2 Å². The summed E-state index contributed by atoms with van der Waals surface area (Å²) in [5.74, 6) is 0.0796. The van der Waals surface area contributed by atoms with Crippen LogP contribution in [0.3, 0.4) is 0 Å². The summed E-state index contributed by atoms with van der Waals surface area (Å²) in [5, 5.41) is 11.1. The van der Waals surface area contributed by atoms with E-state index in [-0.39, 0.29) is 39.4 Å². The fourth-order valence-corrected chi connectivity index (χ4v) is 3.96. The largest absolute Gasteiger partial charge is 0.489 e. The number of ether oxygens (including phenoxy) is 2. The molecular formula is C19H21NO6S. The van der Waals surface area contributed by atoms with E-state index in [4.69, 9.17) is 9.47 Å². The number of nitro benzene ring substituents is 1. The van der Waals surface area contributed by atoms with Crippen molar-refractivity contribution < 1.29 is 22.8 Å². The molecule has 0 spiro atoms. The number of benzene rings is 2. The van der Waals surface area contributed by atoms with Crippen LogP contribution < -0.4 is 4.74 Å². The van der Waals surface area contributed by atoms with Crippen molar-refractivity contribution in [2.45, 2.75) is 42.1 Å². The highest BCUT2D eigenvalue weighted by Crippen LogP contribution is 2.34. The highest BCUT2D eigenvalue weighted by Gasteiger charge is 2.28. The third-order valence-corrected chi connectivity index (χ3v) is 6.08. The Labute approximate surface area is 158 Å². The second kappa shape index (κ2) is 6.94. The molecule has 144 valence electrons. The molecule has 0 aliphatic carbocycles. The number of hydrogen-bond donors (Lipinski definition) is 0. The van der Waals surface area contributed by atoms with E-state index in [1.165, 1.54) is 24.3 Å². The van der Waals surface area contributed by atoms with Gasteiger partial charge in [0.15, 0.2) is 0 Å². The van der Waals surface area contributed by atoms with Crippen molar-refractivity contribution in [2.24, 2.45) is 0 Å². The first-order chi connectivity index (χ1) is 12.6. The van der Waals surface area contributed by atoms with Crippen molar-refractivity contribution in [1.82, 2.24) is 0 Å². The van der Waals surface area contributed by atoms with Crippen LogP contribution in [0.4, 0.5) is 5.69 Å². The standard InChI is InChI=1S/C19H21NO6S/c1-19(2,3)13-4-7-16(8-5-13)27(23,24)18-10-14(20(21)22)6-9-17(18)26-12-15-11-25-15/h4-10,15H,11-12H2,1-3H3. The van der Waals surface area contributed by atoms with E-state index in [1.807, 2.05) is 20.8 Å². The summed E-state index contributed by atoms with van der Waals surface area (Å²) in [6.45, 7) is 6.85. The summed E-state index contributed by atoms with van der Waals surface area (Å²) < 4.78 is 36.9. The van der Waals surface area contributed by atoms with Crippen molar-refractivity contribution in [3.8, 4) is 5.75 Å². The molecule has 0 saturated carbocycles. The van der Waals surface area contributed by atoms with Gasteiger partial charge in [-0.3, -0.25) is 10.1 Å². The Bertz CT molecular complexity index is 957. The molecule has 7 nitrogen and oxygen atoms in total. The van der Waals surface area contributed by atoms with Gasteiger partial charge in [-0.05, 0) is 29.2 Å². The van der Waals surface area contributed by atoms with Gasteiger partial charge in [0.05, 0.1) is 16.4 Å². The maximum Gasteiger partial charge on any atom is 0.271 e. The van der Waals surface area contributed by atoms with Gasteiger partial charge in [-0.2, -0.15) is 0 Å². The number of epoxide rings is 1. The maximum absolute atomic E-state index is 13.1. The van der Waals surface area contributed by atoms with Gasteiger partial charge in [0.2, 0.25) is 9.84 Å². The number of nitrogens with zero attached hydrogens (tertiary/aromatic N) is 1. The molecule has 1 fully saturated rings. The second-order valence-electron chi connectivity index (χ2n) is 7.43. The third-order valence-electron chi connectivity index (χ3n) is 4.29. The summed E-state index contributed by atoms with van der Waals surface area (Å²) in [4.78, 5) is 10.3. The zero-order valence-electron chi connectivity index (χ0n) is 15.3. The summed E-state index contributed by atoms with van der Waals surface area (Å²) in [6, 6.07) is 10.1. The topological polar surface area (TPSA) is 99.0 Å². The van der Waals surface area contributed by atoms with Gasteiger partial charge in [0.25, 0.3) is 5.69 Å². The summed E-state index contributed by atoms with van der Waals surface area (Å²) in [7, 11) is -3.99. The molecule has 1 unspecified atom stereocenters. The first-order valence-electron chi connectivity index (χ1n) is 8.47. The molecule has 2 aromatic carbocycles. The van der Waals surface area contributed by atoms with Crippen LogP contribution in [0, 0.1) is 10.1 Å². The van der Waals surface area contributed by atoms with Crippen molar-refractivity contribution >= 4 is 15.5 Å². The quantitative estimate of drug-likeness (QED) is 0.424. The normalized spacial score (nSPS) is 16.8. The zero-order chi connectivity index (χ0) is 19.8. The molecule has 1 atom stereocenters. The Kier molecular flexibility index (Phi) is 4.96. The fraction of sp³-hybridized carbons (Fsp3) is 0.368. The van der Waals surface area contributed by atoms with Gasteiger partial charge >= 0.3 is 0 Å². The van der Waals surface area contributed by atoms with E-state index in [1.54, 1.807) is 12.1 Å². The Balaban J connectivity index is 2.02. The Morgan fingerprint density at radius 2 is 1.81 bits per heavy atom. The number of nitro groups is 1. The summed E-state index contributed by atoms with van der Waals surface area (Å²) in [6.07, 6.45) is -0.0678. The molecule has 3 rings (SSSR count). The molecule has 1 saturated heterocycles. The summed E-state index contributed by atoms with van der Waals surface area (Å²) >= 11 is 0. The van der Waals surface area contributed by atoms with Crippen LogP contribution >= 0.6 is 0 Å². The highest BCUT2D eigenvalue weighted by molar-refractivity contribution is 7.91.